The maximum atomic E-state index is 5.10. The van der Waals surface area contributed by atoms with E-state index in [0.29, 0.717) is 0 Å². The molecule has 0 aliphatic rings. The second kappa shape index (κ2) is 3.09. The molecule has 0 aromatic carbocycles. The van der Waals surface area contributed by atoms with Crippen molar-refractivity contribution in [1.29, 1.82) is 0 Å². The normalized spacial score (nSPS) is 12.2. The van der Waals surface area contributed by atoms with Gasteiger partial charge >= 0.3 is 0 Å². The Morgan fingerprint density at radius 2 is 2.12 bits per heavy atom. The molecule has 0 saturated carbocycles. The van der Waals surface area contributed by atoms with Gasteiger partial charge in [0.2, 0.25) is 5.96 Å². The van der Waals surface area contributed by atoms with Gasteiger partial charge in [-0.25, -0.2) is 0 Å². The van der Waals surface area contributed by atoms with Gasteiger partial charge < -0.3 is 16.3 Å². The van der Waals surface area contributed by atoms with Gasteiger partial charge in [0, 0.05) is 0 Å². The molecule has 0 amide bonds. The highest BCUT2D eigenvalue weighted by Crippen LogP contribution is 1.77. The highest BCUT2D eigenvalue weighted by Gasteiger charge is 1.87. The van der Waals surface area contributed by atoms with Crippen LogP contribution in [0.15, 0.2) is 5.16 Å². The van der Waals surface area contributed by atoms with Crippen LogP contribution in [0.2, 0.25) is 0 Å². The summed E-state index contributed by atoms with van der Waals surface area (Å²) in [6.07, 6.45) is -0.461. The third-order valence-electron chi connectivity index (χ3n) is 0.324. The largest absolute Gasteiger partial charge is 0.374 e. The van der Waals surface area contributed by atoms with E-state index < -0.39 is 6.23 Å². The quantitative estimate of drug-likeness (QED) is 0.178. The average Bonchev–Trinajstić information content (AvgIpc) is 1.61. The van der Waals surface area contributed by atoms with E-state index >= 15 is 0 Å². The van der Waals surface area contributed by atoms with Gasteiger partial charge in [0.05, 0.1) is 0 Å². The monoisotopic (exact) mass is 118 g/mol. The second-order valence-corrected chi connectivity index (χ2v) is 1.33. The number of guanidine groups is 1. The van der Waals surface area contributed by atoms with Gasteiger partial charge in [-0.1, -0.05) is 0 Å². The van der Waals surface area contributed by atoms with Crippen molar-refractivity contribution < 1.29 is 4.84 Å². The molecular weight excluding hydrogens is 108 g/mol. The topological polar surface area (TPSA) is 99.6 Å². The van der Waals surface area contributed by atoms with E-state index in [0.717, 1.165) is 0 Å². The Hall–Kier alpha value is -0.970. The number of nitrogens with zero attached hydrogens (tertiary/aromatic N) is 1. The van der Waals surface area contributed by atoms with E-state index in [9.17, 15) is 0 Å². The number of hydrogen-bond acceptors (Lipinski definition) is 3. The molecule has 0 aromatic heterocycles. The zero-order valence-corrected chi connectivity index (χ0v) is 4.66. The maximum Gasteiger partial charge on any atom is 0.228 e. The van der Waals surface area contributed by atoms with Crippen LogP contribution in [0.3, 0.4) is 0 Å². The summed E-state index contributed by atoms with van der Waals surface area (Å²) >= 11 is 0. The summed E-state index contributed by atoms with van der Waals surface area (Å²) < 4.78 is 0. The van der Waals surface area contributed by atoms with E-state index in [4.69, 9.17) is 17.2 Å². The zero-order chi connectivity index (χ0) is 6.57. The molecule has 5 heteroatoms. The van der Waals surface area contributed by atoms with Crippen molar-refractivity contribution in [3.63, 3.8) is 0 Å². The minimum atomic E-state index is -0.461. The smallest absolute Gasteiger partial charge is 0.228 e. The fourth-order valence-electron chi connectivity index (χ4n) is 0.144. The molecule has 0 heterocycles. The summed E-state index contributed by atoms with van der Waals surface area (Å²) in [5.74, 6) is -0.123. The van der Waals surface area contributed by atoms with Crippen LogP contribution in [-0.4, -0.2) is 12.2 Å². The van der Waals surface area contributed by atoms with Gasteiger partial charge in [-0.05, 0) is 12.1 Å². The van der Waals surface area contributed by atoms with Gasteiger partial charge in [-0.3, -0.25) is 5.73 Å². The van der Waals surface area contributed by atoms with Gasteiger partial charge in [0.15, 0.2) is 6.23 Å². The van der Waals surface area contributed by atoms with Crippen LogP contribution in [0.5, 0.6) is 0 Å². The Labute approximate surface area is 47.5 Å². The van der Waals surface area contributed by atoms with Crippen molar-refractivity contribution in [2.24, 2.45) is 22.4 Å². The van der Waals surface area contributed by atoms with E-state index in [-0.39, 0.29) is 5.96 Å². The molecule has 0 aliphatic carbocycles. The van der Waals surface area contributed by atoms with Crippen molar-refractivity contribution in [3.05, 3.63) is 0 Å². The first-order valence-corrected chi connectivity index (χ1v) is 2.13. The molecule has 0 radical (unpaired) electrons. The molecule has 0 saturated heterocycles. The highest BCUT2D eigenvalue weighted by molar-refractivity contribution is 5.74. The summed E-state index contributed by atoms with van der Waals surface area (Å²) in [6, 6.07) is 0. The van der Waals surface area contributed by atoms with Gasteiger partial charge in [0.25, 0.3) is 0 Å². The first-order valence-electron chi connectivity index (χ1n) is 2.13. The molecule has 5 nitrogen and oxygen atoms in total. The third kappa shape index (κ3) is 5.03. The first kappa shape index (κ1) is 7.03. The third-order valence-corrected chi connectivity index (χ3v) is 0.324. The summed E-state index contributed by atoms with van der Waals surface area (Å²) in [5, 5.41) is 3.17. The Bertz CT molecular complexity index is 85.3. The summed E-state index contributed by atoms with van der Waals surface area (Å²) in [6.45, 7) is 1.62. The molecule has 6 N–H and O–H groups in total. The molecule has 48 valence electrons. The van der Waals surface area contributed by atoms with Gasteiger partial charge in [-0.2, -0.15) is 0 Å². The lowest BCUT2D eigenvalue weighted by Crippen LogP contribution is -2.25. The Morgan fingerprint density at radius 1 is 1.62 bits per heavy atom. The average molecular weight is 118 g/mol. The molecule has 0 aliphatic heterocycles. The van der Waals surface area contributed by atoms with Crippen LogP contribution >= 0.6 is 0 Å². The zero-order valence-electron chi connectivity index (χ0n) is 4.66. The Balaban J connectivity index is 3.29. The van der Waals surface area contributed by atoms with Crippen molar-refractivity contribution in [1.82, 2.24) is 0 Å². The molecule has 1 unspecified atom stereocenters. The Kier molecular flexibility index (Phi) is 2.71. The predicted octanol–water partition coefficient (Wildman–Crippen LogP) is -1.50. The van der Waals surface area contributed by atoms with Crippen LogP contribution in [0.4, 0.5) is 0 Å². The highest BCUT2D eigenvalue weighted by atomic mass is 16.6. The van der Waals surface area contributed by atoms with E-state index in [1.165, 1.54) is 0 Å². The molecular formula is C3H10N4O. The number of hydrogen-bond donors (Lipinski definition) is 3. The van der Waals surface area contributed by atoms with E-state index in [1.54, 1.807) is 6.92 Å². The maximum absolute atomic E-state index is 5.10. The lowest BCUT2D eigenvalue weighted by molar-refractivity contribution is 0.0768. The number of rotatable bonds is 2. The predicted molar refractivity (Wildman–Crippen MR) is 30.5 cm³/mol. The lowest BCUT2D eigenvalue weighted by Gasteiger charge is -1.99. The van der Waals surface area contributed by atoms with Crippen molar-refractivity contribution in [2.45, 2.75) is 13.2 Å². The van der Waals surface area contributed by atoms with E-state index in [2.05, 4.69) is 9.99 Å². The standard InChI is InChI=1S/C3H10N4O/c1-2(4)8-7-3(5)6/h2H,4H2,1H3,(H4,5,6,7). The number of nitrogens with two attached hydrogens (primary N) is 3. The van der Waals surface area contributed by atoms with Crippen LogP contribution in [0.25, 0.3) is 0 Å². The minimum Gasteiger partial charge on any atom is -0.374 e. The summed E-state index contributed by atoms with van der Waals surface area (Å²) in [4.78, 5) is 4.42. The number of oxime groups is 1. The van der Waals surface area contributed by atoms with Crippen LogP contribution in [0, 0.1) is 0 Å². The fraction of sp³-hybridized carbons (Fsp3) is 0.667. The van der Waals surface area contributed by atoms with Crippen LogP contribution in [-0.2, 0) is 4.84 Å². The van der Waals surface area contributed by atoms with Gasteiger partial charge in [-0.15, -0.1) is 0 Å². The SMILES string of the molecule is CC(N)ON=C(N)N. The van der Waals surface area contributed by atoms with E-state index in [1.807, 2.05) is 0 Å². The molecule has 0 fully saturated rings. The Morgan fingerprint density at radius 3 is 2.25 bits per heavy atom. The summed E-state index contributed by atoms with van der Waals surface area (Å²) in [7, 11) is 0. The van der Waals surface area contributed by atoms with Crippen molar-refractivity contribution in [3.8, 4) is 0 Å². The second-order valence-electron chi connectivity index (χ2n) is 1.33. The first-order chi connectivity index (χ1) is 3.63. The lowest BCUT2D eigenvalue weighted by atomic mass is 10.7. The molecule has 0 aromatic rings. The van der Waals surface area contributed by atoms with Crippen molar-refractivity contribution >= 4 is 5.96 Å². The van der Waals surface area contributed by atoms with Crippen molar-refractivity contribution in [2.75, 3.05) is 0 Å². The minimum absolute atomic E-state index is 0.123. The molecule has 0 rings (SSSR count). The molecule has 8 heavy (non-hydrogen) atoms. The van der Waals surface area contributed by atoms with Crippen LogP contribution in [0.1, 0.15) is 6.92 Å². The van der Waals surface area contributed by atoms with Gasteiger partial charge in [0.1, 0.15) is 0 Å². The fourth-order valence-corrected chi connectivity index (χ4v) is 0.144. The molecule has 0 spiro atoms. The molecule has 1 atom stereocenters. The summed E-state index contributed by atoms with van der Waals surface area (Å²) in [5.41, 5.74) is 14.9. The van der Waals surface area contributed by atoms with Crippen LogP contribution < -0.4 is 17.2 Å². The molecule has 0 bridgehead atoms.